The van der Waals surface area contributed by atoms with Gasteiger partial charge in [0.05, 0.1) is 23.9 Å². The molecule has 0 spiro atoms. The molecule has 0 saturated carbocycles. The van der Waals surface area contributed by atoms with E-state index < -0.39 is 10.0 Å². The lowest BCUT2D eigenvalue weighted by atomic mass is 10.1. The van der Waals surface area contributed by atoms with Gasteiger partial charge in [-0.25, -0.2) is 18.1 Å². The number of ether oxygens (including phenoxy) is 1. The summed E-state index contributed by atoms with van der Waals surface area (Å²) in [5, 5.41) is 8.99. The molecule has 3 heterocycles. The van der Waals surface area contributed by atoms with E-state index in [1.807, 2.05) is 19.1 Å². The Morgan fingerprint density at radius 2 is 2.07 bits per heavy atom. The van der Waals surface area contributed by atoms with Crippen LogP contribution in [0.2, 0.25) is 0 Å². The van der Waals surface area contributed by atoms with Crippen LogP contribution in [-0.2, 0) is 16.6 Å². The smallest absolute Gasteiger partial charge is 0.242 e. The summed E-state index contributed by atoms with van der Waals surface area (Å²) in [6.07, 6.45) is 1.77. The molecule has 0 unspecified atom stereocenters. The molecule has 1 aromatic heterocycles. The van der Waals surface area contributed by atoms with Gasteiger partial charge in [-0.1, -0.05) is 6.07 Å². The van der Waals surface area contributed by atoms with E-state index in [9.17, 15) is 8.42 Å². The third-order valence-electron chi connectivity index (χ3n) is 4.95. The molecular formula is C19H20N4O3S. The maximum absolute atomic E-state index is 12.0. The largest absolute Gasteiger partial charge is 0.490 e. The van der Waals surface area contributed by atoms with E-state index >= 15 is 0 Å². The van der Waals surface area contributed by atoms with Gasteiger partial charge in [0.2, 0.25) is 10.0 Å². The number of sulfonamides is 1. The predicted molar refractivity (Wildman–Crippen MR) is 100 cm³/mol. The van der Waals surface area contributed by atoms with Crippen LogP contribution in [0.3, 0.4) is 0 Å². The number of nitrogens with zero attached hydrogens (tertiary/aromatic N) is 3. The summed E-state index contributed by atoms with van der Waals surface area (Å²) in [6, 6.07) is 11.0. The molecule has 2 aromatic rings. The topological polar surface area (TPSA) is 95.3 Å². The molecule has 140 valence electrons. The van der Waals surface area contributed by atoms with Crippen LogP contribution >= 0.6 is 0 Å². The molecule has 0 bridgehead atoms. The Labute approximate surface area is 158 Å². The lowest BCUT2D eigenvalue weighted by molar-refractivity contribution is 0.170. The zero-order valence-electron chi connectivity index (χ0n) is 15.0. The van der Waals surface area contributed by atoms with Gasteiger partial charge in [-0.3, -0.25) is 0 Å². The van der Waals surface area contributed by atoms with Crippen LogP contribution in [0.25, 0.3) is 0 Å². The zero-order chi connectivity index (χ0) is 19.0. The number of aromatic nitrogens is 1. The molecule has 1 saturated heterocycles. The number of aryl methyl sites for hydroxylation is 1. The first-order valence-electron chi connectivity index (χ1n) is 8.88. The Balaban J connectivity index is 1.45. The first kappa shape index (κ1) is 17.8. The van der Waals surface area contributed by atoms with Gasteiger partial charge in [-0.05, 0) is 36.8 Å². The van der Waals surface area contributed by atoms with Gasteiger partial charge in [0.15, 0.2) is 0 Å². The monoisotopic (exact) mass is 384 g/mol. The van der Waals surface area contributed by atoms with Crippen molar-refractivity contribution >= 4 is 15.8 Å². The number of rotatable bonds is 3. The SMILES string of the molecule is Cc1cc2c(nc1N1CCC(Oc3cccc(C#N)c3)CC1)CNS2(=O)=O. The quantitative estimate of drug-likeness (QED) is 0.871. The van der Waals surface area contributed by atoms with Crippen molar-refractivity contribution in [3.8, 4) is 11.8 Å². The highest BCUT2D eigenvalue weighted by molar-refractivity contribution is 7.89. The van der Waals surface area contributed by atoms with Crippen molar-refractivity contribution in [3.05, 3.63) is 47.2 Å². The van der Waals surface area contributed by atoms with Crippen molar-refractivity contribution in [2.24, 2.45) is 0 Å². The summed E-state index contributed by atoms with van der Waals surface area (Å²) in [4.78, 5) is 7.09. The normalized spacial score (nSPS) is 18.7. The molecule has 1 aromatic carbocycles. The van der Waals surface area contributed by atoms with Crippen molar-refractivity contribution in [2.45, 2.75) is 37.3 Å². The summed E-state index contributed by atoms with van der Waals surface area (Å²) in [5.41, 5.74) is 2.04. The number of benzene rings is 1. The number of hydrogen-bond acceptors (Lipinski definition) is 6. The first-order chi connectivity index (χ1) is 13.0. The predicted octanol–water partition coefficient (Wildman–Crippen LogP) is 2.10. The summed E-state index contributed by atoms with van der Waals surface area (Å²) in [7, 11) is -3.40. The van der Waals surface area contributed by atoms with Gasteiger partial charge in [-0.2, -0.15) is 5.26 Å². The van der Waals surface area contributed by atoms with E-state index in [1.165, 1.54) is 0 Å². The Bertz CT molecular complexity index is 1020. The third kappa shape index (κ3) is 3.48. The Morgan fingerprint density at radius 3 is 2.81 bits per heavy atom. The second kappa shape index (κ2) is 6.83. The minimum atomic E-state index is -3.40. The van der Waals surface area contributed by atoms with Gasteiger partial charge < -0.3 is 9.64 Å². The number of pyridine rings is 1. The molecule has 2 aliphatic heterocycles. The van der Waals surface area contributed by atoms with Gasteiger partial charge >= 0.3 is 0 Å². The number of fused-ring (bicyclic) bond motifs is 1. The fourth-order valence-corrected chi connectivity index (χ4v) is 4.80. The highest BCUT2D eigenvalue weighted by atomic mass is 32.2. The third-order valence-corrected chi connectivity index (χ3v) is 6.41. The molecule has 1 fully saturated rings. The van der Waals surface area contributed by atoms with Gasteiger partial charge in [-0.15, -0.1) is 0 Å². The lowest BCUT2D eigenvalue weighted by Crippen LogP contribution is -2.39. The van der Waals surface area contributed by atoms with Crippen LogP contribution < -0.4 is 14.4 Å². The number of nitriles is 1. The highest BCUT2D eigenvalue weighted by Gasteiger charge is 2.30. The fraction of sp³-hybridized carbons (Fsp3) is 0.368. The van der Waals surface area contributed by atoms with E-state index in [-0.39, 0.29) is 12.6 Å². The second-order valence-corrected chi connectivity index (χ2v) is 8.58. The Morgan fingerprint density at radius 1 is 1.30 bits per heavy atom. The van der Waals surface area contributed by atoms with E-state index in [0.29, 0.717) is 16.2 Å². The molecule has 7 nitrogen and oxygen atoms in total. The minimum absolute atomic E-state index is 0.0898. The van der Waals surface area contributed by atoms with E-state index in [1.54, 1.807) is 18.2 Å². The minimum Gasteiger partial charge on any atom is -0.490 e. The lowest BCUT2D eigenvalue weighted by Gasteiger charge is -2.34. The van der Waals surface area contributed by atoms with Crippen molar-refractivity contribution in [1.29, 1.82) is 5.26 Å². The van der Waals surface area contributed by atoms with Gasteiger partial charge in [0.1, 0.15) is 22.6 Å². The maximum Gasteiger partial charge on any atom is 0.242 e. The van der Waals surface area contributed by atoms with Crippen molar-refractivity contribution in [2.75, 3.05) is 18.0 Å². The zero-order valence-corrected chi connectivity index (χ0v) is 15.8. The van der Waals surface area contributed by atoms with Crippen molar-refractivity contribution in [1.82, 2.24) is 9.71 Å². The number of nitrogens with one attached hydrogen (secondary N) is 1. The molecule has 0 radical (unpaired) electrons. The molecule has 2 aliphatic rings. The van der Waals surface area contributed by atoms with E-state index in [2.05, 4.69) is 20.7 Å². The highest BCUT2D eigenvalue weighted by Crippen LogP contribution is 2.29. The van der Waals surface area contributed by atoms with Gasteiger partial charge in [0.25, 0.3) is 0 Å². The summed E-state index contributed by atoms with van der Waals surface area (Å²) in [6.45, 7) is 3.72. The molecule has 0 amide bonds. The fourth-order valence-electron chi connectivity index (χ4n) is 3.55. The van der Waals surface area contributed by atoms with Crippen LogP contribution in [0.5, 0.6) is 5.75 Å². The van der Waals surface area contributed by atoms with Crippen molar-refractivity contribution < 1.29 is 13.2 Å². The molecule has 0 atom stereocenters. The standard InChI is InChI=1S/C19H20N4O3S/c1-13-9-18-17(12-21-27(18,24)25)22-19(13)23-7-5-15(6-8-23)26-16-4-2-3-14(10-16)11-20/h2-4,9-10,15,21H,5-8,12H2,1H3. The number of piperidine rings is 1. The average Bonchev–Trinajstić information content (AvgIpc) is 2.96. The van der Waals surface area contributed by atoms with Crippen molar-refractivity contribution in [3.63, 3.8) is 0 Å². The molecule has 1 N–H and O–H groups in total. The van der Waals surface area contributed by atoms with E-state index in [4.69, 9.17) is 10.00 Å². The van der Waals surface area contributed by atoms with Crippen LogP contribution in [0.4, 0.5) is 5.82 Å². The van der Waals surface area contributed by atoms with Crippen LogP contribution in [0, 0.1) is 18.3 Å². The Hall–Kier alpha value is -2.63. The summed E-state index contributed by atoms with van der Waals surface area (Å²) < 4.78 is 32.4. The molecule has 4 rings (SSSR count). The maximum atomic E-state index is 12.0. The van der Waals surface area contributed by atoms with Gasteiger partial charge in [0, 0.05) is 25.9 Å². The molecule has 0 aliphatic carbocycles. The molecule has 8 heteroatoms. The summed E-state index contributed by atoms with van der Waals surface area (Å²) >= 11 is 0. The number of hydrogen-bond donors (Lipinski definition) is 1. The molecule has 27 heavy (non-hydrogen) atoms. The first-order valence-corrected chi connectivity index (χ1v) is 10.4. The second-order valence-electron chi connectivity index (χ2n) is 6.84. The summed E-state index contributed by atoms with van der Waals surface area (Å²) in [5.74, 6) is 1.56. The van der Waals surface area contributed by atoms with Crippen LogP contribution in [0.1, 0.15) is 29.7 Å². The molecular weight excluding hydrogens is 364 g/mol. The Kier molecular flexibility index (Phi) is 4.50. The van der Waals surface area contributed by atoms with Crippen LogP contribution in [-0.4, -0.2) is 32.6 Å². The number of anilines is 1. The van der Waals surface area contributed by atoms with E-state index in [0.717, 1.165) is 43.1 Å². The average molecular weight is 384 g/mol. The van der Waals surface area contributed by atoms with Crippen LogP contribution in [0.15, 0.2) is 35.2 Å².